The number of thiophene rings is 1. The zero-order chi connectivity index (χ0) is 11.4. The molecule has 0 aliphatic rings. The first kappa shape index (κ1) is 13.2. The van der Waals surface area contributed by atoms with E-state index in [9.17, 15) is 9.90 Å². The van der Waals surface area contributed by atoms with Crippen LogP contribution in [0, 0.1) is 0 Å². The molecule has 0 saturated carbocycles. The molecular weight excluding hydrogens is 348 g/mol. The van der Waals surface area contributed by atoms with Gasteiger partial charge in [0.25, 0.3) is 0 Å². The third-order valence-electron chi connectivity index (χ3n) is 1.86. The van der Waals surface area contributed by atoms with Crippen LogP contribution in [0.1, 0.15) is 30.2 Å². The average molecular weight is 358 g/mol. The van der Waals surface area contributed by atoms with Crippen LogP contribution in [-0.2, 0) is 4.79 Å². The lowest BCUT2D eigenvalue weighted by atomic mass is 10.1. The number of carboxylic acid groups (broad SMARTS) is 1. The Morgan fingerprint density at radius 1 is 1.53 bits per heavy atom. The molecule has 15 heavy (non-hydrogen) atoms. The van der Waals surface area contributed by atoms with E-state index in [1.165, 1.54) is 11.3 Å². The molecule has 3 nitrogen and oxygen atoms in total. The van der Waals surface area contributed by atoms with Crippen molar-refractivity contribution in [3.63, 3.8) is 0 Å². The van der Waals surface area contributed by atoms with Crippen molar-refractivity contribution in [3.05, 3.63) is 19.2 Å². The molecular formula is C9H10Br2O3S. The van der Waals surface area contributed by atoms with Gasteiger partial charge >= 0.3 is 5.97 Å². The summed E-state index contributed by atoms with van der Waals surface area (Å²) in [6.45, 7) is 0. The standard InChI is InChI=1S/C9H10Br2O3S/c10-5-4-7(15-9(5)11)6(12)2-1-3-8(13)14/h4,6,12H,1-3H2,(H,13,14). The Balaban J connectivity index is 2.46. The van der Waals surface area contributed by atoms with Gasteiger partial charge < -0.3 is 10.2 Å². The van der Waals surface area contributed by atoms with Crippen LogP contribution >= 0.6 is 43.2 Å². The fraction of sp³-hybridized carbons (Fsp3) is 0.444. The van der Waals surface area contributed by atoms with Gasteiger partial charge in [-0.1, -0.05) is 0 Å². The summed E-state index contributed by atoms with van der Waals surface area (Å²) in [5.41, 5.74) is 0. The Kier molecular flexibility index (Phi) is 5.25. The van der Waals surface area contributed by atoms with E-state index in [-0.39, 0.29) is 6.42 Å². The third-order valence-corrected chi connectivity index (χ3v) is 5.22. The van der Waals surface area contributed by atoms with Crippen LogP contribution < -0.4 is 0 Å². The van der Waals surface area contributed by atoms with Crippen molar-refractivity contribution in [1.29, 1.82) is 0 Å². The number of aliphatic hydroxyl groups is 1. The molecule has 0 amide bonds. The highest BCUT2D eigenvalue weighted by Crippen LogP contribution is 2.36. The summed E-state index contributed by atoms with van der Waals surface area (Å²) in [6.07, 6.45) is 0.497. The number of hydrogen-bond donors (Lipinski definition) is 2. The summed E-state index contributed by atoms with van der Waals surface area (Å²) < 4.78 is 1.86. The van der Waals surface area contributed by atoms with Crippen LogP contribution in [-0.4, -0.2) is 16.2 Å². The summed E-state index contributed by atoms with van der Waals surface area (Å²) in [7, 11) is 0. The Hall–Kier alpha value is 0.0900. The van der Waals surface area contributed by atoms with Crippen molar-refractivity contribution in [2.45, 2.75) is 25.4 Å². The molecule has 0 spiro atoms. The van der Waals surface area contributed by atoms with E-state index in [2.05, 4.69) is 31.9 Å². The molecule has 0 radical (unpaired) electrons. The third kappa shape index (κ3) is 4.22. The molecule has 1 rings (SSSR count). The van der Waals surface area contributed by atoms with Crippen LogP contribution in [0.5, 0.6) is 0 Å². The Morgan fingerprint density at radius 2 is 2.20 bits per heavy atom. The summed E-state index contributed by atoms with van der Waals surface area (Å²) in [4.78, 5) is 11.1. The van der Waals surface area contributed by atoms with Crippen molar-refractivity contribution in [2.24, 2.45) is 0 Å². The molecule has 1 aromatic heterocycles. The number of carboxylic acids is 1. The summed E-state index contributed by atoms with van der Waals surface area (Å²) in [5, 5.41) is 18.2. The van der Waals surface area contributed by atoms with Gasteiger partial charge in [0.15, 0.2) is 0 Å². The molecule has 6 heteroatoms. The van der Waals surface area contributed by atoms with Crippen molar-refractivity contribution >= 4 is 49.2 Å². The molecule has 0 bridgehead atoms. The first-order valence-electron chi connectivity index (χ1n) is 4.35. The van der Waals surface area contributed by atoms with Crippen LogP contribution in [0.4, 0.5) is 0 Å². The fourth-order valence-electron chi connectivity index (χ4n) is 1.12. The van der Waals surface area contributed by atoms with E-state index in [4.69, 9.17) is 5.11 Å². The Bertz CT molecular complexity index is 332. The maximum absolute atomic E-state index is 10.3. The summed E-state index contributed by atoms with van der Waals surface area (Å²) >= 11 is 8.13. The summed E-state index contributed by atoms with van der Waals surface area (Å²) in [5.74, 6) is -0.823. The van der Waals surface area contributed by atoms with Gasteiger partial charge in [-0.25, -0.2) is 0 Å². The number of hydrogen-bond acceptors (Lipinski definition) is 3. The number of aliphatic carboxylic acids is 1. The van der Waals surface area contributed by atoms with Crippen molar-refractivity contribution < 1.29 is 15.0 Å². The molecule has 1 unspecified atom stereocenters. The first-order valence-corrected chi connectivity index (χ1v) is 6.75. The first-order chi connectivity index (χ1) is 7.00. The van der Waals surface area contributed by atoms with E-state index >= 15 is 0 Å². The molecule has 1 heterocycles. The van der Waals surface area contributed by atoms with E-state index < -0.39 is 12.1 Å². The van der Waals surface area contributed by atoms with Gasteiger partial charge in [0.2, 0.25) is 0 Å². The predicted molar refractivity (Wildman–Crippen MR) is 66.2 cm³/mol. The molecule has 0 fully saturated rings. The summed E-state index contributed by atoms with van der Waals surface area (Å²) in [6, 6.07) is 1.85. The smallest absolute Gasteiger partial charge is 0.303 e. The van der Waals surface area contributed by atoms with Crippen LogP contribution in [0.15, 0.2) is 14.3 Å². The van der Waals surface area contributed by atoms with E-state index in [0.717, 1.165) is 13.1 Å². The maximum Gasteiger partial charge on any atom is 0.303 e. The number of aliphatic hydroxyl groups excluding tert-OH is 1. The molecule has 2 N–H and O–H groups in total. The van der Waals surface area contributed by atoms with Gasteiger partial charge in [0.1, 0.15) is 0 Å². The van der Waals surface area contributed by atoms with E-state index in [1.54, 1.807) is 0 Å². The molecule has 0 aliphatic heterocycles. The van der Waals surface area contributed by atoms with Gasteiger partial charge in [0, 0.05) is 15.8 Å². The normalized spacial score (nSPS) is 12.7. The van der Waals surface area contributed by atoms with Crippen molar-refractivity contribution in [2.75, 3.05) is 0 Å². The SMILES string of the molecule is O=C(O)CCCC(O)c1cc(Br)c(Br)s1. The lowest BCUT2D eigenvalue weighted by Crippen LogP contribution is -1.98. The maximum atomic E-state index is 10.3. The minimum absolute atomic E-state index is 0.102. The van der Waals surface area contributed by atoms with Crippen molar-refractivity contribution in [1.82, 2.24) is 0 Å². The van der Waals surface area contributed by atoms with Crippen LogP contribution in [0.25, 0.3) is 0 Å². The second-order valence-electron chi connectivity index (χ2n) is 3.07. The largest absolute Gasteiger partial charge is 0.481 e. The molecule has 84 valence electrons. The van der Waals surface area contributed by atoms with Gasteiger partial charge in [-0.15, -0.1) is 11.3 Å². The zero-order valence-corrected chi connectivity index (χ0v) is 11.7. The van der Waals surface area contributed by atoms with Crippen LogP contribution in [0.3, 0.4) is 0 Å². The zero-order valence-electron chi connectivity index (χ0n) is 7.74. The lowest BCUT2D eigenvalue weighted by molar-refractivity contribution is -0.137. The van der Waals surface area contributed by atoms with Gasteiger partial charge in [0.05, 0.1) is 9.89 Å². The minimum Gasteiger partial charge on any atom is -0.481 e. The number of rotatable bonds is 5. The van der Waals surface area contributed by atoms with Gasteiger partial charge in [-0.3, -0.25) is 4.79 Å². The quantitative estimate of drug-likeness (QED) is 0.846. The molecule has 0 aromatic carbocycles. The second-order valence-corrected chi connectivity index (χ2v) is 6.33. The van der Waals surface area contributed by atoms with E-state index in [1.807, 2.05) is 6.07 Å². The van der Waals surface area contributed by atoms with Crippen molar-refractivity contribution in [3.8, 4) is 0 Å². The molecule has 0 aliphatic carbocycles. The number of halogens is 2. The average Bonchev–Trinajstić information content (AvgIpc) is 2.46. The topological polar surface area (TPSA) is 57.5 Å². The highest BCUT2D eigenvalue weighted by molar-refractivity contribution is 9.13. The molecule has 1 aromatic rings. The lowest BCUT2D eigenvalue weighted by Gasteiger charge is -2.06. The second kappa shape index (κ2) is 5.98. The van der Waals surface area contributed by atoms with Gasteiger partial charge in [-0.2, -0.15) is 0 Å². The minimum atomic E-state index is -0.823. The van der Waals surface area contributed by atoms with E-state index in [0.29, 0.717) is 12.8 Å². The fourth-order valence-corrected chi connectivity index (χ4v) is 3.23. The number of carbonyl (C=O) groups is 1. The monoisotopic (exact) mass is 356 g/mol. The molecule has 0 saturated heterocycles. The Labute approximate surface area is 108 Å². The molecule has 1 atom stereocenters. The Morgan fingerprint density at radius 3 is 2.67 bits per heavy atom. The van der Waals surface area contributed by atoms with Crippen LogP contribution in [0.2, 0.25) is 0 Å². The highest BCUT2D eigenvalue weighted by atomic mass is 79.9. The predicted octanol–water partition coefficient (Wildman–Crippen LogP) is 3.56. The highest BCUT2D eigenvalue weighted by Gasteiger charge is 2.13. The van der Waals surface area contributed by atoms with Gasteiger partial charge in [-0.05, 0) is 50.8 Å².